The van der Waals surface area contributed by atoms with Gasteiger partial charge in [0.2, 0.25) is 10.0 Å². The van der Waals surface area contributed by atoms with E-state index >= 15 is 0 Å². The maximum Gasteiger partial charge on any atom is 0.251 e. The van der Waals surface area contributed by atoms with Gasteiger partial charge >= 0.3 is 0 Å². The Hall–Kier alpha value is -2.16. The second-order valence-electron chi connectivity index (χ2n) is 7.62. The minimum Gasteiger partial charge on any atom is -0.468 e. The van der Waals surface area contributed by atoms with E-state index in [0.717, 1.165) is 44.5 Å². The van der Waals surface area contributed by atoms with E-state index in [0.29, 0.717) is 25.2 Å². The molecular weight excluding hydrogens is 390 g/mol. The Balaban J connectivity index is 1.47. The van der Waals surface area contributed by atoms with E-state index in [9.17, 15) is 13.2 Å². The Morgan fingerprint density at radius 3 is 2.45 bits per heavy atom. The van der Waals surface area contributed by atoms with Crippen molar-refractivity contribution in [2.75, 3.05) is 32.7 Å². The van der Waals surface area contributed by atoms with Gasteiger partial charge in [-0.3, -0.25) is 9.69 Å². The van der Waals surface area contributed by atoms with Crippen LogP contribution in [0.1, 0.15) is 47.8 Å². The third kappa shape index (κ3) is 4.39. The second kappa shape index (κ2) is 8.69. The van der Waals surface area contributed by atoms with Crippen molar-refractivity contribution in [1.82, 2.24) is 14.5 Å². The van der Waals surface area contributed by atoms with Crippen molar-refractivity contribution in [3.63, 3.8) is 0 Å². The lowest BCUT2D eigenvalue weighted by Gasteiger charge is -2.26. The van der Waals surface area contributed by atoms with Crippen LogP contribution in [-0.2, 0) is 10.0 Å². The molecule has 1 amide bonds. The van der Waals surface area contributed by atoms with E-state index in [4.69, 9.17) is 4.42 Å². The van der Waals surface area contributed by atoms with E-state index in [2.05, 4.69) is 10.2 Å². The van der Waals surface area contributed by atoms with E-state index in [-0.39, 0.29) is 16.8 Å². The molecule has 1 aromatic heterocycles. The number of amides is 1. The van der Waals surface area contributed by atoms with Crippen molar-refractivity contribution in [3.05, 3.63) is 54.0 Å². The molecule has 3 heterocycles. The Labute approximate surface area is 171 Å². The molecule has 0 radical (unpaired) electrons. The Morgan fingerprint density at radius 2 is 1.76 bits per heavy atom. The predicted molar refractivity (Wildman–Crippen MR) is 109 cm³/mol. The van der Waals surface area contributed by atoms with Crippen molar-refractivity contribution in [2.45, 2.75) is 36.6 Å². The first kappa shape index (κ1) is 20.1. The molecule has 0 bridgehead atoms. The summed E-state index contributed by atoms with van der Waals surface area (Å²) in [6, 6.07) is 10.1. The molecule has 7 nitrogen and oxygen atoms in total. The van der Waals surface area contributed by atoms with Gasteiger partial charge in [-0.1, -0.05) is 6.07 Å². The number of likely N-dealkylation sites (tertiary alicyclic amines) is 1. The van der Waals surface area contributed by atoms with Crippen LogP contribution in [0.15, 0.2) is 52.0 Å². The number of carbonyl (C=O) groups excluding carboxylic acids is 1. The smallest absolute Gasteiger partial charge is 0.251 e. The zero-order valence-electron chi connectivity index (χ0n) is 16.4. The monoisotopic (exact) mass is 417 g/mol. The molecule has 2 saturated heterocycles. The number of benzene rings is 1. The Kier molecular flexibility index (Phi) is 6.03. The number of nitrogens with zero attached hydrogens (tertiary/aromatic N) is 2. The normalized spacial score (nSPS) is 19.4. The first-order valence-corrected chi connectivity index (χ1v) is 11.7. The highest BCUT2D eigenvalue weighted by atomic mass is 32.2. The number of hydrogen-bond acceptors (Lipinski definition) is 5. The molecule has 1 atom stereocenters. The van der Waals surface area contributed by atoms with Gasteiger partial charge in [-0.15, -0.1) is 0 Å². The fraction of sp³-hybridized carbons (Fsp3) is 0.476. The molecule has 8 heteroatoms. The molecule has 0 saturated carbocycles. The van der Waals surface area contributed by atoms with Gasteiger partial charge < -0.3 is 9.73 Å². The number of furan rings is 1. The second-order valence-corrected chi connectivity index (χ2v) is 9.56. The highest BCUT2D eigenvalue weighted by Gasteiger charge is 2.28. The largest absolute Gasteiger partial charge is 0.468 e. The van der Waals surface area contributed by atoms with Gasteiger partial charge in [0.1, 0.15) is 5.76 Å². The lowest BCUT2D eigenvalue weighted by Crippen LogP contribution is -2.36. The first-order chi connectivity index (χ1) is 14.1. The molecule has 1 aromatic carbocycles. The van der Waals surface area contributed by atoms with Crippen LogP contribution in [0.2, 0.25) is 0 Å². The fourth-order valence-electron chi connectivity index (χ4n) is 4.11. The summed E-state index contributed by atoms with van der Waals surface area (Å²) in [5.74, 6) is 0.553. The third-order valence-corrected chi connectivity index (χ3v) is 7.60. The average Bonchev–Trinajstić information content (AvgIpc) is 3.51. The molecule has 1 N–H and O–H groups in total. The van der Waals surface area contributed by atoms with Crippen molar-refractivity contribution in [2.24, 2.45) is 0 Å². The highest BCUT2D eigenvalue weighted by Crippen LogP contribution is 2.25. The number of rotatable bonds is 7. The first-order valence-electron chi connectivity index (χ1n) is 10.2. The maximum atomic E-state index is 12.8. The van der Waals surface area contributed by atoms with Crippen molar-refractivity contribution in [3.8, 4) is 0 Å². The molecule has 2 aliphatic heterocycles. The molecule has 2 aliphatic rings. The van der Waals surface area contributed by atoms with E-state index in [1.165, 1.54) is 10.4 Å². The van der Waals surface area contributed by atoms with Gasteiger partial charge in [0.25, 0.3) is 5.91 Å². The minimum absolute atomic E-state index is 0.0204. The molecule has 2 fully saturated rings. The summed E-state index contributed by atoms with van der Waals surface area (Å²) in [6.45, 7) is 3.45. The molecule has 2 aromatic rings. The van der Waals surface area contributed by atoms with Gasteiger partial charge in [0.05, 0.1) is 17.2 Å². The van der Waals surface area contributed by atoms with E-state index < -0.39 is 10.0 Å². The average molecular weight is 418 g/mol. The van der Waals surface area contributed by atoms with E-state index in [1.54, 1.807) is 24.5 Å². The summed E-state index contributed by atoms with van der Waals surface area (Å²) in [7, 11) is -3.54. The molecule has 0 spiro atoms. The minimum atomic E-state index is -3.54. The third-order valence-electron chi connectivity index (χ3n) is 5.71. The van der Waals surface area contributed by atoms with Crippen LogP contribution in [0.3, 0.4) is 0 Å². The number of nitrogens with one attached hydrogen (secondary N) is 1. The maximum absolute atomic E-state index is 12.8. The lowest BCUT2D eigenvalue weighted by atomic mass is 10.1. The predicted octanol–water partition coefficient (Wildman–Crippen LogP) is 2.63. The van der Waals surface area contributed by atoms with Gasteiger partial charge in [-0.05, 0) is 69.1 Å². The summed E-state index contributed by atoms with van der Waals surface area (Å²) in [6.07, 6.45) is 5.68. The lowest BCUT2D eigenvalue weighted by molar-refractivity contribution is 0.0933. The van der Waals surface area contributed by atoms with Crippen LogP contribution in [-0.4, -0.2) is 56.3 Å². The van der Waals surface area contributed by atoms with Crippen LogP contribution in [0, 0.1) is 0 Å². The van der Waals surface area contributed by atoms with Gasteiger partial charge in [-0.25, -0.2) is 8.42 Å². The summed E-state index contributed by atoms with van der Waals surface area (Å²) >= 11 is 0. The Bertz CT molecular complexity index is 931. The molecule has 156 valence electrons. The quantitative estimate of drug-likeness (QED) is 0.749. The standard InChI is InChI=1S/C21H27N3O4S/c25-21(22-16-19(20-9-6-14-28-20)23-10-1-2-11-23)17-7-5-8-18(15-17)29(26,27)24-12-3-4-13-24/h5-9,14-15,19H,1-4,10-13,16H2,(H,22,25). The van der Waals surface area contributed by atoms with Crippen molar-refractivity contribution in [1.29, 1.82) is 0 Å². The van der Waals surface area contributed by atoms with Crippen LogP contribution < -0.4 is 5.32 Å². The molecule has 4 rings (SSSR count). The van der Waals surface area contributed by atoms with Crippen LogP contribution >= 0.6 is 0 Å². The van der Waals surface area contributed by atoms with Gasteiger partial charge in [-0.2, -0.15) is 4.31 Å². The summed E-state index contributed by atoms with van der Waals surface area (Å²) in [4.78, 5) is 15.3. The Morgan fingerprint density at radius 1 is 1.03 bits per heavy atom. The van der Waals surface area contributed by atoms with Gasteiger partial charge in [0.15, 0.2) is 0 Å². The zero-order valence-corrected chi connectivity index (χ0v) is 17.2. The summed E-state index contributed by atoms with van der Waals surface area (Å²) < 4.78 is 32.6. The molecule has 29 heavy (non-hydrogen) atoms. The fourth-order valence-corrected chi connectivity index (χ4v) is 5.67. The van der Waals surface area contributed by atoms with Crippen LogP contribution in [0.5, 0.6) is 0 Å². The summed E-state index contributed by atoms with van der Waals surface area (Å²) in [5, 5.41) is 2.96. The number of hydrogen-bond donors (Lipinski definition) is 1. The van der Waals surface area contributed by atoms with Crippen LogP contribution in [0.25, 0.3) is 0 Å². The van der Waals surface area contributed by atoms with Gasteiger partial charge in [0, 0.05) is 25.2 Å². The summed E-state index contributed by atoms with van der Waals surface area (Å²) in [5.41, 5.74) is 0.352. The van der Waals surface area contributed by atoms with Crippen molar-refractivity contribution >= 4 is 15.9 Å². The molecule has 0 aliphatic carbocycles. The topological polar surface area (TPSA) is 82.9 Å². The van der Waals surface area contributed by atoms with Crippen LogP contribution in [0.4, 0.5) is 0 Å². The van der Waals surface area contributed by atoms with E-state index in [1.807, 2.05) is 12.1 Å². The number of carbonyl (C=O) groups is 1. The number of sulfonamides is 1. The zero-order chi connectivity index (χ0) is 20.3. The highest BCUT2D eigenvalue weighted by molar-refractivity contribution is 7.89. The SMILES string of the molecule is O=C(NCC(c1ccco1)N1CCCC1)c1cccc(S(=O)(=O)N2CCCC2)c1. The molecular formula is C21H27N3O4S. The molecule has 1 unspecified atom stereocenters. The van der Waals surface area contributed by atoms with Crippen molar-refractivity contribution < 1.29 is 17.6 Å².